The number of hydrogen-bond donors (Lipinski definition) is 0. The van der Waals surface area contributed by atoms with Gasteiger partial charge in [-0.15, -0.1) is 0 Å². The largest absolute Gasteiger partial charge is 0.378 e. The van der Waals surface area contributed by atoms with Crippen LogP contribution in [0.1, 0.15) is 22.6 Å². The molecule has 0 spiro atoms. The van der Waals surface area contributed by atoms with Crippen LogP contribution in [0.5, 0.6) is 0 Å². The minimum atomic E-state index is 0.0695. The van der Waals surface area contributed by atoms with E-state index < -0.39 is 0 Å². The molecule has 0 saturated carbocycles. The maximum Gasteiger partial charge on any atom is 0.258 e. The van der Waals surface area contributed by atoms with E-state index in [2.05, 4.69) is 33.0 Å². The number of anilines is 1. The predicted molar refractivity (Wildman–Crippen MR) is 112 cm³/mol. The number of aromatic nitrogens is 3. The molecule has 2 aliphatic heterocycles. The molecule has 1 fully saturated rings. The average molecular weight is 391 g/mol. The van der Waals surface area contributed by atoms with Crippen molar-refractivity contribution >= 4 is 16.7 Å². The van der Waals surface area contributed by atoms with Crippen molar-refractivity contribution in [1.82, 2.24) is 19.4 Å². The number of benzene rings is 1. The molecule has 29 heavy (non-hydrogen) atoms. The minimum absolute atomic E-state index is 0.0695. The highest BCUT2D eigenvalue weighted by molar-refractivity contribution is 5.81. The van der Waals surface area contributed by atoms with Gasteiger partial charge < -0.3 is 9.64 Å². The smallest absolute Gasteiger partial charge is 0.258 e. The second-order valence-electron chi connectivity index (χ2n) is 7.86. The third-order valence-corrected chi connectivity index (χ3v) is 5.93. The minimum Gasteiger partial charge on any atom is -0.378 e. The van der Waals surface area contributed by atoms with Crippen LogP contribution >= 0.6 is 0 Å². The highest BCUT2D eigenvalue weighted by Crippen LogP contribution is 2.28. The number of aryl methyl sites for hydroxylation is 1. The monoisotopic (exact) mass is 391 g/mol. The van der Waals surface area contributed by atoms with Crippen LogP contribution in [0.15, 0.2) is 35.1 Å². The Morgan fingerprint density at radius 2 is 1.90 bits per heavy atom. The van der Waals surface area contributed by atoms with Gasteiger partial charge in [-0.2, -0.15) is 0 Å². The zero-order chi connectivity index (χ0) is 20.0. The van der Waals surface area contributed by atoms with Crippen molar-refractivity contribution in [3.63, 3.8) is 0 Å². The first-order valence-corrected chi connectivity index (χ1v) is 10.1. The van der Waals surface area contributed by atoms with Gasteiger partial charge in [-0.3, -0.25) is 14.3 Å². The predicted octanol–water partition coefficient (Wildman–Crippen LogP) is 1.99. The maximum atomic E-state index is 12.6. The van der Waals surface area contributed by atoms with Gasteiger partial charge in [0.2, 0.25) is 0 Å². The lowest BCUT2D eigenvalue weighted by atomic mass is 10.1. The van der Waals surface area contributed by atoms with Crippen LogP contribution in [0.3, 0.4) is 0 Å². The molecule has 0 unspecified atom stereocenters. The summed E-state index contributed by atoms with van der Waals surface area (Å²) in [5, 5.41) is 1.14. The molecule has 2 aromatic heterocycles. The van der Waals surface area contributed by atoms with Crippen LogP contribution in [-0.4, -0.2) is 45.7 Å². The maximum absolute atomic E-state index is 12.6. The first-order valence-electron chi connectivity index (χ1n) is 10.1. The van der Waals surface area contributed by atoms with Gasteiger partial charge in [0.05, 0.1) is 30.0 Å². The standard InChI is InChI=1S/C22H25N5O2/c1-15-23-20-14-26(13-18(20)22(28)25(15)2)12-17-11-16-5-3-4-6-19(16)24-21(17)27-7-9-29-10-8-27/h3-6,11H,7-10,12-14H2,1-2H3. The van der Waals surface area contributed by atoms with Gasteiger partial charge in [0.25, 0.3) is 5.56 Å². The Morgan fingerprint density at radius 3 is 2.72 bits per heavy atom. The average Bonchev–Trinajstić information content (AvgIpc) is 3.14. The molecule has 7 nitrogen and oxygen atoms in total. The first-order chi connectivity index (χ1) is 14.1. The molecule has 2 aliphatic rings. The summed E-state index contributed by atoms with van der Waals surface area (Å²) in [5.74, 6) is 1.79. The van der Waals surface area contributed by atoms with Crippen molar-refractivity contribution in [3.05, 3.63) is 63.3 Å². The molecular weight excluding hydrogens is 366 g/mol. The molecule has 1 aromatic carbocycles. The van der Waals surface area contributed by atoms with Gasteiger partial charge in [-0.1, -0.05) is 18.2 Å². The van der Waals surface area contributed by atoms with Crippen molar-refractivity contribution < 1.29 is 4.74 Å². The molecule has 0 N–H and O–H groups in total. The van der Waals surface area contributed by atoms with Crippen LogP contribution in [0.2, 0.25) is 0 Å². The summed E-state index contributed by atoms with van der Waals surface area (Å²) in [6.45, 7) is 7.09. The van der Waals surface area contributed by atoms with Crippen LogP contribution in [-0.2, 0) is 31.4 Å². The lowest BCUT2D eigenvalue weighted by Gasteiger charge is -2.30. The summed E-state index contributed by atoms with van der Waals surface area (Å²) >= 11 is 0. The van der Waals surface area contributed by atoms with Gasteiger partial charge >= 0.3 is 0 Å². The van der Waals surface area contributed by atoms with E-state index in [1.807, 2.05) is 19.1 Å². The second-order valence-corrected chi connectivity index (χ2v) is 7.86. The van der Waals surface area contributed by atoms with Crippen molar-refractivity contribution in [2.75, 3.05) is 31.2 Å². The summed E-state index contributed by atoms with van der Waals surface area (Å²) in [7, 11) is 1.79. The summed E-state index contributed by atoms with van der Waals surface area (Å²) in [4.78, 5) is 26.9. The number of pyridine rings is 1. The van der Waals surface area contributed by atoms with Gasteiger partial charge in [0, 0.05) is 50.7 Å². The van der Waals surface area contributed by atoms with Crippen LogP contribution in [0, 0.1) is 6.92 Å². The summed E-state index contributed by atoms with van der Waals surface area (Å²) in [5.41, 5.74) is 3.99. The number of para-hydroxylation sites is 1. The molecule has 1 saturated heterocycles. The van der Waals surface area contributed by atoms with E-state index in [4.69, 9.17) is 9.72 Å². The third kappa shape index (κ3) is 3.30. The van der Waals surface area contributed by atoms with Crippen molar-refractivity contribution in [2.45, 2.75) is 26.6 Å². The normalized spacial score (nSPS) is 17.1. The fourth-order valence-corrected chi connectivity index (χ4v) is 4.26. The third-order valence-electron chi connectivity index (χ3n) is 5.93. The molecule has 0 amide bonds. The van der Waals surface area contributed by atoms with Crippen LogP contribution < -0.4 is 10.5 Å². The van der Waals surface area contributed by atoms with Gasteiger partial charge in [-0.25, -0.2) is 9.97 Å². The molecule has 0 atom stereocenters. The highest BCUT2D eigenvalue weighted by atomic mass is 16.5. The first kappa shape index (κ1) is 18.3. The van der Waals surface area contributed by atoms with E-state index in [1.54, 1.807) is 11.6 Å². The topological polar surface area (TPSA) is 63.5 Å². The fourth-order valence-electron chi connectivity index (χ4n) is 4.26. The van der Waals surface area contributed by atoms with E-state index in [0.717, 1.165) is 66.7 Å². The lowest BCUT2D eigenvalue weighted by Crippen LogP contribution is -2.37. The molecular formula is C22H25N5O2. The number of fused-ring (bicyclic) bond motifs is 2. The summed E-state index contributed by atoms with van der Waals surface area (Å²) in [6, 6.07) is 10.5. The number of nitrogens with zero attached hydrogens (tertiary/aromatic N) is 5. The summed E-state index contributed by atoms with van der Waals surface area (Å²) in [6.07, 6.45) is 0. The Balaban J connectivity index is 1.50. The summed E-state index contributed by atoms with van der Waals surface area (Å²) < 4.78 is 7.17. The highest BCUT2D eigenvalue weighted by Gasteiger charge is 2.26. The Hall–Kier alpha value is -2.77. The van der Waals surface area contributed by atoms with Crippen LogP contribution in [0.4, 0.5) is 5.82 Å². The molecule has 7 heteroatoms. The number of rotatable bonds is 3. The molecule has 5 rings (SSSR count). The lowest BCUT2D eigenvalue weighted by molar-refractivity contribution is 0.122. The zero-order valence-electron chi connectivity index (χ0n) is 16.9. The number of hydrogen-bond acceptors (Lipinski definition) is 6. The van der Waals surface area contributed by atoms with Gasteiger partial charge in [0.15, 0.2) is 0 Å². The van der Waals surface area contributed by atoms with E-state index in [1.165, 1.54) is 5.56 Å². The van der Waals surface area contributed by atoms with E-state index in [-0.39, 0.29) is 5.56 Å². The van der Waals surface area contributed by atoms with E-state index in [0.29, 0.717) is 13.1 Å². The molecule has 0 bridgehead atoms. The van der Waals surface area contributed by atoms with Gasteiger partial charge in [0.1, 0.15) is 11.6 Å². The SMILES string of the molecule is Cc1nc2c(c(=O)n1C)CN(Cc1cc3ccccc3nc1N1CCOCC1)C2. The van der Waals surface area contributed by atoms with Crippen LogP contribution in [0.25, 0.3) is 10.9 Å². The zero-order valence-corrected chi connectivity index (χ0v) is 16.9. The Labute approximate surface area is 169 Å². The van der Waals surface area contributed by atoms with E-state index >= 15 is 0 Å². The quantitative estimate of drug-likeness (QED) is 0.680. The van der Waals surface area contributed by atoms with E-state index in [9.17, 15) is 4.79 Å². The number of morpholine rings is 1. The Morgan fingerprint density at radius 1 is 1.10 bits per heavy atom. The van der Waals surface area contributed by atoms with Crippen molar-refractivity contribution in [1.29, 1.82) is 0 Å². The number of ether oxygens (including phenoxy) is 1. The van der Waals surface area contributed by atoms with Gasteiger partial charge in [-0.05, 0) is 19.1 Å². The van der Waals surface area contributed by atoms with Crippen molar-refractivity contribution in [3.8, 4) is 0 Å². The second kappa shape index (κ2) is 7.24. The molecule has 150 valence electrons. The Kier molecular flexibility index (Phi) is 4.56. The molecule has 0 radical (unpaired) electrons. The van der Waals surface area contributed by atoms with Crippen molar-refractivity contribution in [2.24, 2.45) is 7.05 Å². The molecule has 3 aromatic rings. The fraction of sp³-hybridized carbons (Fsp3) is 0.409. The Bertz CT molecular complexity index is 1130. The molecule has 4 heterocycles. The molecule has 0 aliphatic carbocycles.